The van der Waals surface area contributed by atoms with Crippen LogP contribution in [0.15, 0.2) is 42.5 Å². The topological polar surface area (TPSA) is 102 Å². The van der Waals surface area contributed by atoms with Gasteiger partial charge in [-0.1, -0.05) is 24.3 Å². The zero-order valence-electron chi connectivity index (χ0n) is 13.7. The Morgan fingerprint density at radius 3 is 2.88 bits per heavy atom. The normalized spacial score (nSPS) is 18.8. The van der Waals surface area contributed by atoms with Crippen molar-refractivity contribution in [2.24, 2.45) is 0 Å². The van der Waals surface area contributed by atoms with Crippen LogP contribution in [0.25, 0.3) is 0 Å². The highest BCUT2D eigenvalue weighted by Crippen LogP contribution is 2.36. The van der Waals surface area contributed by atoms with Crippen LogP contribution >= 0.6 is 0 Å². The summed E-state index contributed by atoms with van der Waals surface area (Å²) in [6.07, 6.45) is 0.346. The van der Waals surface area contributed by atoms with Crippen molar-refractivity contribution in [2.45, 2.75) is 18.9 Å². The standard InChI is InChI=1S/C18H18N2O5/c1-12-6-7-13(10-15(12)20(23)24)17(21)19-11-18(22)8-9-25-16-5-3-2-4-14(16)18/h2-7,10,22H,8-9,11H2,1H3,(H,19,21). The number of aryl methyl sites for hydroxylation is 1. The molecule has 130 valence electrons. The highest BCUT2D eigenvalue weighted by molar-refractivity contribution is 5.95. The molecular weight excluding hydrogens is 324 g/mol. The van der Waals surface area contributed by atoms with Crippen LogP contribution in [-0.2, 0) is 5.60 Å². The van der Waals surface area contributed by atoms with Crippen molar-refractivity contribution in [1.29, 1.82) is 0 Å². The summed E-state index contributed by atoms with van der Waals surface area (Å²) >= 11 is 0. The quantitative estimate of drug-likeness (QED) is 0.656. The number of hydrogen-bond acceptors (Lipinski definition) is 5. The second-order valence-corrected chi connectivity index (χ2v) is 6.07. The molecule has 1 aliphatic heterocycles. The smallest absolute Gasteiger partial charge is 0.273 e. The molecule has 7 nitrogen and oxygen atoms in total. The van der Waals surface area contributed by atoms with Gasteiger partial charge >= 0.3 is 0 Å². The number of rotatable bonds is 4. The van der Waals surface area contributed by atoms with Gasteiger partial charge in [-0.3, -0.25) is 14.9 Å². The molecule has 0 aliphatic carbocycles. The molecule has 2 N–H and O–H groups in total. The van der Waals surface area contributed by atoms with Crippen LogP contribution in [0.2, 0.25) is 0 Å². The third-order valence-corrected chi connectivity index (χ3v) is 4.37. The Morgan fingerprint density at radius 2 is 2.12 bits per heavy atom. The number of nitro benzene ring substituents is 1. The van der Waals surface area contributed by atoms with Crippen LogP contribution < -0.4 is 10.1 Å². The van der Waals surface area contributed by atoms with E-state index in [1.54, 1.807) is 25.1 Å². The van der Waals surface area contributed by atoms with Crippen molar-refractivity contribution < 1.29 is 19.6 Å². The van der Waals surface area contributed by atoms with E-state index in [9.17, 15) is 20.0 Å². The summed E-state index contributed by atoms with van der Waals surface area (Å²) in [6, 6.07) is 11.4. The molecule has 7 heteroatoms. The lowest BCUT2D eigenvalue weighted by Gasteiger charge is -2.34. The summed E-state index contributed by atoms with van der Waals surface area (Å²) in [6.45, 7) is 1.95. The van der Waals surface area contributed by atoms with Crippen molar-refractivity contribution in [1.82, 2.24) is 5.32 Å². The Labute approximate surface area is 144 Å². The number of carbonyl (C=O) groups excluding carboxylic acids is 1. The maximum absolute atomic E-state index is 12.4. The second kappa shape index (κ2) is 6.52. The Morgan fingerprint density at radius 1 is 1.36 bits per heavy atom. The minimum Gasteiger partial charge on any atom is -0.493 e. The summed E-state index contributed by atoms with van der Waals surface area (Å²) in [5.74, 6) is 0.122. The number of fused-ring (bicyclic) bond motifs is 1. The first kappa shape index (κ1) is 16.9. The number of nitro groups is 1. The van der Waals surface area contributed by atoms with E-state index in [1.807, 2.05) is 6.07 Å². The van der Waals surface area contributed by atoms with Gasteiger partial charge in [0.1, 0.15) is 11.4 Å². The molecule has 0 bridgehead atoms. The number of para-hydroxylation sites is 1. The fourth-order valence-corrected chi connectivity index (χ4v) is 2.90. The molecule has 1 unspecified atom stereocenters. The molecule has 0 saturated carbocycles. The van der Waals surface area contributed by atoms with Gasteiger partial charge in [0.25, 0.3) is 11.6 Å². The molecule has 1 amide bonds. The van der Waals surface area contributed by atoms with Gasteiger partial charge in [-0.25, -0.2) is 0 Å². The van der Waals surface area contributed by atoms with E-state index in [1.165, 1.54) is 18.2 Å². The van der Waals surface area contributed by atoms with E-state index in [4.69, 9.17) is 4.74 Å². The second-order valence-electron chi connectivity index (χ2n) is 6.07. The third-order valence-electron chi connectivity index (χ3n) is 4.37. The first-order chi connectivity index (χ1) is 11.9. The number of benzene rings is 2. The van der Waals surface area contributed by atoms with Crippen LogP contribution in [0.1, 0.15) is 27.9 Å². The number of ether oxygens (including phenoxy) is 1. The van der Waals surface area contributed by atoms with Crippen LogP contribution in [-0.4, -0.2) is 29.1 Å². The average molecular weight is 342 g/mol. The molecule has 3 rings (SSSR count). The average Bonchev–Trinajstić information content (AvgIpc) is 2.60. The zero-order valence-corrected chi connectivity index (χ0v) is 13.7. The van der Waals surface area contributed by atoms with Gasteiger partial charge < -0.3 is 15.2 Å². The molecule has 2 aromatic carbocycles. The largest absolute Gasteiger partial charge is 0.493 e. The van der Waals surface area contributed by atoms with Crippen molar-refractivity contribution in [2.75, 3.05) is 13.2 Å². The fourth-order valence-electron chi connectivity index (χ4n) is 2.90. The lowest BCUT2D eigenvalue weighted by Crippen LogP contribution is -2.43. The van der Waals surface area contributed by atoms with E-state index >= 15 is 0 Å². The number of nitrogens with one attached hydrogen (secondary N) is 1. The lowest BCUT2D eigenvalue weighted by molar-refractivity contribution is -0.385. The van der Waals surface area contributed by atoms with E-state index < -0.39 is 16.4 Å². The maximum Gasteiger partial charge on any atom is 0.273 e. The molecule has 2 aromatic rings. The summed E-state index contributed by atoms with van der Waals surface area (Å²) in [7, 11) is 0. The van der Waals surface area contributed by atoms with E-state index in [0.717, 1.165) is 0 Å². The molecule has 0 saturated heterocycles. The molecule has 0 spiro atoms. The van der Waals surface area contributed by atoms with Gasteiger partial charge in [0.05, 0.1) is 18.1 Å². The fraction of sp³-hybridized carbons (Fsp3) is 0.278. The monoisotopic (exact) mass is 342 g/mol. The summed E-state index contributed by atoms with van der Waals surface area (Å²) in [4.78, 5) is 22.8. The van der Waals surface area contributed by atoms with Gasteiger partial charge in [0, 0.05) is 29.2 Å². The Bertz CT molecular complexity index is 836. The zero-order chi connectivity index (χ0) is 18.0. The molecule has 0 radical (unpaired) electrons. The lowest BCUT2D eigenvalue weighted by atomic mass is 9.88. The van der Waals surface area contributed by atoms with E-state index in [-0.39, 0.29) is 17.8 Å². The highest BCUT2D eigenvalue weighted by atomic mass is 16.6. The molecule has 0 aromatic heterocycles. The minimum atomic E-state index is -1.23. The van der Waals surface area contributed by atoms with Crippen LogP contribution in [0.4, 0.5) is 5.69 Å². The number of carbonyl (C=O) groups is 1. The van der Waals surface area contributed by atoms with Gasteiger partial charge in [0.15, 0.2) is 0 Å². The Kier molecular flexibility index (Phi) is 4.41. The summed E-state index contributed by atoms with van der Waals surface area (Å²) in [5.41, 5.74) is -0.0554. The number of aliphatic hydroxyl groups is 1. The van der Waals surface area contributed by atoms with Crippen molar-refractivity contribution in [3.05, 3.63) is 69.3 Å². The van der Waals surface area contributed by atoms with Gasteiger partial charge in [-0.05, 0) is 19.1 Å². The first-order valence-corrected chi connectivity index (χ1v) is 7.89. The number of nitrogens with zero attached hydrogens (tertiary/aromatic N) is 1. The first-order valence-electron chi connectivity index (χ1n) is 7.89. The molecule has 25 heavy (non-hydrogen) atoms. The molecule has 1 aliphatic rings. The summed E-state index contributed by atoms with van der Waals surface area (Å²) < 4.78 is 5.52. The van der Waals surface area contributed by atoms with Gasteiger partial charge in [0.2, 0.25) is 0 Å². The predicted molar refractivity (Wildman–Crippen MR) is 90.6 cm³/mol. The van der Waals surface area contributed by atoms with E-state index in [0.29, 0.717) is 29.9 Å². The Hall–Kier alpha value is -2.93. The third kappa shape index (κ3) is 3.32. The molecule has 1 atom stereocenters. The summed E-state index contributed by atoms with van der Waals surface area (Å²) in [5, 5.41) is 24.6. The SMILES string of the molecule is Cc1ccc(C(=O)NCC2(O)CCOc3ccccc32)cc1[N+](=O)[O-]. The van der Waals surface area contributed by atoms with Crippen molar-refractivity contribution in [3.8, 4) is 5.75 Å². The van der Waals surface area contributed by atoms with Crippen LogP contribution in [0.3, 0.4) is 0 Å². The van der Waals surface area contributed by atoms with Gasteiger partial charge in [-0.15, -0.1) is 0 Å². The van der Waals surface area contributed by atoms with Crippen LogP contribution in [0, 0.1) is 17.0 Å². The van der Waals surface area contributed by atoms with Crippen molar-refractivity contribution >= 4 is 11.6 Å². The highest BCUT2D eigenvalue weighted by Gasteiger charge is 2.35. The minimum absolute atomic E-state index is 0.00607. The predicted octanol–water partition coefficient (Wildman–Crippen LogP) is 2.30. The van der Waals surface area contributed by atoms with E-state index in [2.05, 4.69) is 5.32 Å². The van der Waals surface area contributed by atoms with Gasteiger partial charge in [-0.2, -0.15) is 0 Å². The molecule has 0 fully saturated rings. The van der Waals surface area contributed by atoms with Crippen LogP contribution in [0.5, 0.6) is 5.75 Å². The Balaban J connectivity index is 1.77. The maximum atomic E-state index is 12.4. The number of hydrogen-bond donors (Lipinski definition) is 2. The molecule has 1 heterocycles. The van der Waals surface area contributed by atoms with Crippen molar-refractivity contribution in [3.63, 3.8) is 0 Å². The molecular formula is C18H18N2O5. The number of amides is 1.